The van der Waals surface area contributed by atoms with Crippen molar-refractivity contribution in [2.24, 2.45) is 5.73 Å². The summed E-state index contributed by atoms with van der Waals surface area (Å²) < 4.78 is 1.04. The Bertz CT molecular complexity index is 999. The molecule has 1 saturated heterocycles. The number of β-lactam (4-membered cyclic amide) rings is 1. The number of hydrogen-bond donors (Lipinski definition) is 3. The van der Waals surface area contributed by atoms with Crippen LogP contribution in [-0.4, -0.2) is 45.0 Å². The van der Waals surface area contributed by atoms with E-state index < -0.39 is 35.2 Å². The summed E-state index contributed by atoms with van der Waals surface area (Å²) in [5.74, 6) is -1.49. The highest BCUT2D eigenvalue weighted by atomic mass is 32.2. The zero-order valence-corrected chi connectivity index (χ0v) is 16.0. The summed E-state index contributed by atoms with van der Waals surface area (Å²) in [6.45, 7) is 1.70. The number of nitrogens with zero attached hydrogens (tertiary/aromatic N) is 1. The summed E-state index contributed by atoms with van der Waals surface area (Å²) in [6.07, 6.45) is 0. The third kappa shape index (κ3) is 2.91. The van der Waals surface area contributed by atoms with Crippen LogP contribution in [0, 0.1) is 0 Å². The number of carboxylic acid groups (broad SMARTS) is 1. The van der Waals surface area contributed by atoms with Crippen LogP contribution in [-0.2, 0) is 14.4 Å². The van der Waals surface area contributed by atoms with Gasteiger partial charge < -0.3 is 16.2 Å². The molecule has 2 amide bonds. The van der Waals surface area contributed by atoms with Gasteiger partial charge in [0, 0.05) is 10.5 Å². The third-order valence-electron chi connectivity index (χ3n) is 4.78. The first-order valence-corrected chi connectivity index (χ1v) is 10.2. The molecule has 1 unspecified atom stereocenters. The predicted molar refractivity (Wildman–Crippen MR) is 104 cm³/mol. The van der Waals surface area contributed by atoms with E-state index in [9.17, 15) is 19.5 Å². The van der Waals surface area contributed by atoms with Gasteiger partial charge in [-0.1, -0.05) is 12.1 Å². The zero-order valence-electron chi connectivity index (χ0n) is 14.3. The molecule has 1 fully saturated rings. The van der Waals surface area contributed by atoms with E-state index in [0.29, 0.717) is 16.9 Å². The van der Waals surface area contributed by atoms with E-state index in [2.05, 4.69) is 5.32 Å². The second-order valence-electron chi connectivity index (χ2n) is 6.53. The summed E-state index contributed by atoms with van der Waals surface area (Å²) in [4.78, 5) is 37.7. The van der Waals surface area contributed by atoms with Crippen molar-refractivity contribution in [1.82, 2.24) is 10.2 Å². The highest BCUT2D eigenvalue weighted by Crippen LogP contribution is 2.40. The highest BCUT2D eigenvalue weighted by molar-refractivity contribution is 8.00. The number of carboxylic acids is 1. The Kier molecular flexibility index (Phi) is 4.45. The van der Waals surface area contributed by atoms with Crippen molar-refractivity contribution in [2.45, 2.75) is 24.4 Å². The van der Waals surface area contributed by atoms with E-state index in [1.807, 2.05) is 23.6 Å². The molecule has 0 radical (unpaired) electrons. The topological polar surface area (TPSA) is 113 Å². The molecule has 2 aromatic rings. The zero-order chi connectivity index (χ0) is 19.3. The lowest BCUT2D eigenvalue weighted by Crippen LogP contribution is -2.71. The van der Waals surface area contributed by atoms with Gasteiger partial charge in [0.1, 0.15) is 23.2 Å². The number of thiophene rings is 1. The average molecular weight is 403 g/mol. The van der Waals surface area contributed by atoms with Crippen LogP contribution in [0.1, 0.15) is 18.5 Å². The first-order valence-electron chi connectivity index (χ1n) is 8.29. The molecule has 0 bridgehead atoms. The molecule has 0 saturated carbocycles. The first kappa shape index (κ1) is 18.0. The van der Waals surface area contributed by atoms with Crippen LogP contribution in [0.2, 0.25) is 0 Å². The normalized spacial score (nSPS) is 23.0. The Morgan fingerprint density at radius 2 is 2.15 bits per heavy atom. The number of amides is 2. The van der Waals surface area contributed by atoms with E-state index in [4.69, 9.17) is 5.73 Å². The summed E-state index contributed by atoms with van der Waals surface area (Å²) in [5.41, 5.74) is 7.42. The number of nitrogens with two attached hydrogens (primary N) is 1. The molecule has 2 aliphatic rings. The molecule has 3 heterocycles. The van der Waals surface area contributed by atoms with Gasteiger partial charge in [-0.05, 0) is 41.0 Å². The van der Waals surface area contributed by atoms with Crippen LogP contribution in [0.25, 0.3) is 10.1 Å². The van der Waals surface area contributed by atoms with Gasteiger partial charge in [0.05, 0.1) is 0 Å². The minimum absolute atomic E-state index is 0.0155. The molecule has 2 aliphatic heterocycles. The molecule has 3 atom stereocenters. The van der Waals surface area contributed by atoms with Gasteiger partial charge in [0.25, 0.3) is 5.91 Å². The largest absolute Gasteiger partial charge is 0.477 e. The molecule has 7 nitrogen and oxygen atoms in total. The van der Waals surface area contributed by atoms with Gasteiger partial charge in [-0.25, -0.2) is 4.79 Å². The Hall–Kier alpha value is -2.36. The number of aliphatic carboxylic acids is 1. The van der Waals surface area contributed by atoms with Crippen molar-refractivity contribution >= 4 is 51.0 Å². The van der Waals surface area contributed by atoms with Crippen LogP contribution >= 0.6 is 23.1 Å². The van der Waals surface area contributed by atoms with Gasteiger partial charge in [-0.2, -0.15) is 0 Å². The average Bonchev–Trinajstić information content (AvgIpc) is 3.12. The molecule has 0 spiro atoms. The molecule has 140 valence electrons. The fourth-order valence-electron chi connectivity index (χ4n) is 3.33. The summed E-state index contributed by atoms with van der Waals surface area (Å²) in [6, 6.07) is 5.92. The summed E-state index contributed by atoms with van der Waals surface area (Å²) >= 11 is 3.00. The molecule has 4 N–H and O–H groups in total. The number of thioether (sulfide) groups is 1. The molecule has 1 aromatic heterocycles. The minimum atomic E-state index is -1.13. The summed E-state index contributed by atoms with van der Waals surface area (Å²) in [5, 5.41) is 14.7. The van der Waals surface area contributed by atoms with Gasteiger partial charge in [-0.3, -0.25) is 14.5 Å². The SMILES string of the molecule is CC1=C(C(=O)O)N2C(=O)[C@@H](NC(=O)C(N)c3ccc4ccsc4c3)[C@@H]2SC1. The Balaban J connectivity index is 1.49. The monoisotopic (exact) mass is 403 g/mol. The minimum Gasteiger partial charge on any atom is -0.477 e. The number of fused-ring (bicyclic) bond motifs is 2. The Labute approximate surface area is 163 Å². The van der Waals surface area contributed by atoms with Crippen molar-refractivity contribution < 1.29 is 19.5 Å². The van der Waals surface area contributed by atoms with Crippen molar-refractivity contribution in [3.8, 4) is 0 Å². The summed E-state index contributed by atoms with van der Waals surface area (Å²) in [7, 11) is 0. The molecule has 4 rings (SSSR count). The lowest BCUT2D eigenvalue weighted by atomic mass is 10.0. The van der Waals surface area contributed by atoms with E-state index >= 15 is 0 Å². The predicted octanol–water partition coefficient (Wildman–Crippen LogP) is 1.66. The Morgan fingerprint density at radius 1 is 1.37 bits per heavy atom. The van der Waals surface area contributed by atoms with Crippen LogP contribution in [0.15, 0.2) is 40.9 Å². The van der Waals surface area contributed by atoms with Gasteiger partial charge >= 0.3 is 5.97 Å². The Morgan fingerprint density at radius 3 is 2.89 bits per heavy atom. The van der Waals surface area contributed by atoms with Crippen molar-refractivity contribution in [2.75, 3.05) is 5.75 Å². The quantitative estimate of drug-likeness (QED) is 0.669. The van der Waals surface area contributed by atoms with Gasteiger partial charge in [-0.15, -0.1) is 23.1 Å². The second kappa shape index (κ2) is 6.66. The standard InChI is InChI=1S/C18H17N3O4S2/c1-8-7-27-17-13(16(23)21(17)14(8)18(24)25)20-15(22)12(19)10-3-2-9-4-5-26-11(9)6-10/h2-6,12-13,17H,7,19H2,1H3,(H,20,22)(H,24,25)/t12?,13-,17+/m1/s1. The molecule has 9 heteroatoms. The highest BCUT2D eigenvalue weighted by Gasteiger charge is 2.53. The smallest absolute Gasteiger partial charge is 0.352 e. The van der Waals surface area contributed by atoms with E-state index in [-0.39, 0.29) is 5.70 Å². The number of rotatable bonds is 4. The van der Waals surface area contributed by atoms with Gasteiger partial charge in [0.15, 0.2) is 0 Å². The number of carbonyl (C=O) groups excluding carboxylic acids is 2. The van der Waals surface area contributed by atoms with Crippen LogP contribution in [0.3, 0.4) is 0 Å². The molecular formula is C18H17N3O4S2. The maximum Gasteiger partial charge on any atom is 0.352 e. The van der Waals surface area contributed by atoms with Crippen molar-refractivity contribution in [1.29, 1.82) is 0 Å². The van der Waals surface area contributed by atoms with Crippen molar-refractivity contribution in [3.05, 3.63) is 46.5 Å². The molecule has 27 heavy (non-hydrogen) atoms. The van der Waals surface area contributed by atoms with Gasteiger partial charge in [0.2, 0.25) is 5.91 Å². The second-order valence-corrected chi connectivity index (χ2v) is 8.58. The fourth-order valence-corrected chi connectivity index (χ4v) is 5.46. The number of hydrogen-bond acceptors (Lipinski definition) is 6. The third-order valence-corrected chi connectivity index (χ3v) is 7.08. The maximum atomic E-state index is 12.6. The number of carbonyl (C=O) groups is 3. The lowest BCUT2D eigenvalue weighted by molar-refractivity contribution is -0.150. The maximum absolute atomic E-state index is 12.6. The molecular weight excluding hydrogens is 386 g/mol. The van der Waals surface area contributed by atoms with E-state index in [1.165, 1.54) is 16.7 Å². The fraction of sp³-hybridized carbons (Fsp3) is 0.278. The van der Waals surface area contributed by atoms with Crippen LogP contribution < -0.4 is 11.1 Å². The molecule has 1 aromatic carbocycles. The number of benzene rings is 1. The van der Waals surface area contributed by atoms with Crippen LogP contribution in [0.4, 0.5) is 0 Å². The van der Waals surface area contributed by atoms with E-state index in [1.54, 1.807) is 24.3 Å². The van der Waals surface area contributed by atoms with E-state index in [0.717, 1.165) is 10.1 Å². The first-order chi connectivity index (χ1) is 12.9. The molecule has 0 aliphatic carbocycles. The van der Waals surface area contributed by atoms with Crippen molar-refractivity contribution in [3.63, 3.8) is 0 Å². The van der Waals surface area contributed by atoms with Crippen LogP contribution in [0.5, 0.6) is 0 Å². The lowest BCUT2D eigenvalue weighted by Gasteiger charge is -2.49. The number of nitrogens with one attached hydrogen (secondary N) is 1.